The molecule has 12 nitrogen and oxygen atoms in total. The van der Waals surface area contributed by atoms with Crippen LogP contribution in [0.5, 0.6) is 0 Å². The molecule has 0 spiro atoms. The third-order valence-corrected chi connectivity index (χ3v) is 6.28. The fourth-order valence-electron chi connectivity index (χ4n) is 4.45. The number of aromatic carboxylic acids is 2. The van der Waals surface area contributed by atoms with E-state index in [0.717, 1.165) is 11.4 Å². The van der Waals surface area contributed by atoms with Gasteiger partial charge in [0.25, 0.3) is 0 Å². The summed E-state index contributed by atoms with van der Waals surface area (Å²) in [7, 11) is 0. The van der Waals surface area contributed by atoms with Crippen molar-refractivity contribution in [3.05, 3.63) is 88.8 Å². The summed E-state index contributed by atoms with van der Waals surface area (Å²) in [5.41, 5.74) is 2.72. The van der Waals surface area contributed by atoms with Crippen LogP contribution >= 0.6 is 0 Å². The van der Waals surface area contributed by atoms with E-state index in [1.54, 1.807) is 24.3 Å². The van der Waals surface area contributed by atoms with Crippen molar-refractivity contribution in [3.8, 4) is 0 Å². The van der Waals surface area contributed by atoms with Gasteiger partial charge in [0.05, 0.1) is 29.3 Å². The Morgan fingerprint density at radius 3 is 1.60 bits per heavy atom. The molecule has 208 valence electrons. The predicted molar refractivity (Wildman–Crippen MR) is 139 cm³/mol. The van der Waals surface area contributed by atoms with Crippen LogP contribution in [-0.4, -0.2) is 95.6 Å². The Morgan fingerprint density at radius 1 is 0.625 bits per heavy atom. The zero-order valence-electron chi connectivity index (χ0n) is 21.7. The number of carboxylic acid groups (broad SMARTS) is 3. The molecule has 1 aliphatic rings. The monoisotopic (exact) mass is 687 g/mol. The van der Waals surface area contributed by atoms with Crippen LogP contribution in [0.1, 0.15) is 43.8 Å². The van der Waals surface area contributed by atoms with E-state index in [0.29, 0.717) is 63.7 Å². The molecule has 1 aliphatic heterocycles. The van der Waals surface area contributed by atoms with E-state index in [2.05, 4.69) is 19.8 Å². The Balaban J connectivity index is 0.00000441. The average molecular weight is 687 g/mol. The number of rotatable bonds is 8. The SMILES string of the molecule is O=C(O)CN1CCN(Cc2cccc(C(=O)O)n2)CCN(Cc2cccc(C(=O)O)n2)Cc2cccc(n2)C1.[Eu+3]. The third kappa shape index (κ3) is 9.75. The number of carbonyl (C=O) groups is 3. The first-order valence-electron chi connectivity index (χ1n) is 12.5. The largest absolute Gasteiger partial charge is 3.00 e. The van der Waals surface area contributed by atoms with Gasteiger partial charge in [-0.25, -0.2) is 19.6 Å². The summed E-state index contributed by atoms with van der Waals surface area (Å²) in [6.45, 7) is 3.61. The van der Waals surface area contributed by atoms with Crippen molar-refractivity contribution < 1.29 is 79.1 Å². The molecule has 0 saturated carbocycles. The average Bonchev–Trinajstić information content (AvgIpc) is 2.89. The molecule has 40 heavy (non-hydrogen) atoms. The van der Waals surface area contributed by atoms with Crippen LogP contribution in [0.3, 0.4) is 0 Å². The van der Waals surface area contributed by atoms with Gasteiger partial charge < -0.3 is 15.3 Å². The first-order valence-corrected chi connectivity index (χ1v) is 12.5. The zero-order valence-corrected chi connectivity index (χ0v) is 24.1. The van der Waals surface area contributed by atoms with E-state index < -0.39 is 17.9 Å². The molecule has 0 amide bonds. The van der Waals surface area contributed by atoms with Gasteiger partial charge in [-0.05, 0) is 36.4 Å². The Hall–Kier alpha value is -2.68. The first kappa shape index (κ1) is 31.8. The van der Waals surface area contributed by atoms with E-state index in [4.69, 9.17) is 4.98 Å². The molecule has 13 heteroatoms. The Kier molecular flexibility index (Phi) is 12.2. The summed E-state index contributed by atoms with van der Waals surface area (Å²) in [6, 6.07) is 15.5. The molecule has 0 saturated heterocycles. The van der Waals surface area contributed by atoms with Crippen molar-refractivity contribution in [2.75, 3.05) is 32.7 Å². The minimum absolute atomic E-state index is 0. The molecule has 3 aromatic rings. The minimum Gasteiger partial charge on any atom is -0.480 e. The number of pyridine rings is 3. The zero-order chi connectivity index (χ0) is 27.8. The summed E-state index contributed by atoms with van der Waals surface area (Å²) in [6.07, 6.45) is 0. The van der Waals surface area contributed by atoms with Gasteiger partial charge in [-0.1, -0.05) is 18.2 Å². The molecule has 4 rings (SSSR count). The van der Waals surface area contributed by atoms with Crippen molar-refractivity contribution in [3.63, 3.8) is 0 Å². The smallest absolute Gasteiger partial charge is 0.480 e. The maximum atomic E-state index is 11.5. The van der Waals surface area contributed by atoms with Crippen molar-refractivity contribution in [2.45, 2.75) is 26.2 Å². The minimum atomic E-state index is -1.10. The van der Waals surface area contributed by atoms with E-state index in [9.17, 15) is 29.7 Å². The predicted octanol–water partition coefficient (Wildman–Crippen LogP) is 1.67. The number of aliphatic carboxylic acids is 1. The molecule has 0 aromatic carbocycles. The fourth-order valence-corrected chi connectivity index (χ4v) is 4.45. The van der Waals surface area contributed by atoms with Gasteiger partial charge in [-0.15, -0.1) is 0 Å². The standard InChI is InChI=1S/C27H30N6O6.Eu/c34-25(35)18-33-13-11-31(14-21-6-2-8-23(29-21)26(36)37)10-12-32(15-19-4-1-5-20(16-33)28-19)17-22-7-3-9-24(30-22)27(38)39;/h1-9H,10-18H2,(H,34,35)(H,36,37)(H,38,39);/q;+3. The molecule has 0 radical (unpaired) electrons. The summed E-state index contributed by atoms with van der Waals surface area (Å²) >= 11 is 0. The maximum Gasteiger partial charge on any atom is 3.00 e. The molecule has 0 aliphatic carbocycles. The number of hydrogen-bond acceptors (Lipinski definition) is 9. The van der Waals surface area contributed by atoms with Crippen molar-refractivity contribution in [1.29, 1.82) is 0 Å². The Morgan fingerprint density at radius 2 is 1.07 bits per heavy atom. The van der Waals surface area contributed by atoms with Crippen LogP contribution in [0.15, 0.2) is 54.6 Å². The number of fused-ring (bicyclic) bond motifs is 2. The third-order valence-electron chi connectivity index (χ3n) is 6.28. The van der Waals surface area contributed by atoms with Gasteiger partial charge in [0.1, 0.15) is 11.4 Å². The van der Waals surface area contributed by atoms with Crippen LogP contribution in [-0.2, 0) is 31.0 Å². The Labute approximate surface area is 272 Å². The molecule has 0 fully saturated rings. The second-order valence-corrected chi connectivity index (χ2v) is 9.35. The summed E-state index contributed by atoms with van der Waals surface area (Å²) < 4.78 is 0. The van der Waals surface area contributed by atoms with Crippen LogP contribution in [0, 0.1) is 49.4 Å². The van der Waals surface area contributed by atoms with Crippen molar-refractivity contribution in [1.82, 2.24) is 29.7 Å². The molecule has 3 aromatic heterocycles. The molecular formula is C27H30EuN6O6+3. The van der Waals surface area contributed by atoms with E-state index in [-0.39, 0.29) is 67.3 Å². The summed E-state index contributed by atoms with van der Waals surface area (Å²) in [5, 5.41) is 28.1. The van der Waals surface area contributed by atoms with E-state index in [1.807, 2.05) is 23.1 Å². The maximum absolute atomic E-state index is 11.5. The topological polar surface area (TPSA) is 160 Å². The van der Waals surface area contributed by atoms with Crippen LogP contribution in [0.25, 0.3) is 0 Å². The molecule has 0 atom stereocenters. The fraction of sp³-hybridized carbons (Fsp3) is 0.333. The van der Waals surface area contributed by atoms with Crippen molar-refractivity contribution >= 4 is 17.9 Å². The van der Waals surface area contributed by atoms with Crippen LogP contribution in [0.4, 0.5) is 0 Å². The van der Waals surface area contributed by atoms with Gasteiger partial charge in [-0.2, -0.15) is 0 Å². The number of aromatic nitrogens is 3. The normalized spacial score (nSPS) is 15.3. The first-order chi connectivity index (χ1) is 18.7. The quantitative estimate of drug-likeness (QED) is 0.315. The van der Waals surface area contributed by atoms with Gasteiger partial charge in [-0.3, -0.25) is 24.5 Å². The molecule has 4 heterocycles. The number of hydrogen-bond donors (Lipinski definition) is 3. The number of carboxylic acids is 3. The molecule has 3 N–H and O–H groups in total. The molecular weight excluding hydrogens is 656 g/mol. The van der Waals surface area contributed by atoms with E-state index >= 15 is 0 Å². The second kappa shape index (κ2) is 15.4. The van der Waals surface area contributed by atoms with Crippen LogP contribution < -0.4 is 0 Å². The molecule has 0 unspecified atom stereocenters. The van der Waals surface area contributed by atoms with Crippen molar-refractivity contribution in [2.24, 2.45) is 0 Å². The van der Waals surface area contributed by atoms with Gasteiger partial charge in [0.2, 0.25) is 0 Å². The summed E-state index contributed by atoms with van der Waals surface area (Å²) in [5.74, 6) is -3.12. The number of nitrogens with zero attached hydrogens (tertiary/aromatic N) is 6. The van der Waals surface area contributed by atoms with Crippen LogP contribution in [0.2, 0.25) is 0 Å². The Bertz CT molecular complexity index is 1340. The van der Waals surface area contributed by atoms with E-state index in [1.165, 1.54) is 12.1 Å². The summed E-state index contributed by atoms with van der Waals surface area (Å²) in [4.78, 5) is 53.7. The second-order valence-electron chi connectivity index (χ2n) is 9.35. The van der Waals surface area contributed by atoms with Gasteiger partial charge in [0, 0.05) is 52.4 Å². The molecule has 2 bridgehead atoms. The van der Waals surface area contributed by atoms with Gasteiger partial charge >= 0.3 is 67.3 Å². The van der Waals surface area contributed by atoms with Gasteiger partial charge in [0.15, 0.2) is 0 Å².